The minimum atomic E-state index is -0.712. The SMILES string of the molecule is CCC1(C(=O)O)CCN(c2nccc3c2ncn3C)C1. The molecule has 1 N–H and O–H groups in total. The smallest absolute Gasteiger partial charge is 0.311 e. The molecule has 0 aromatic carbocycles. The third-order valence-electron chi connectivity index (χ3n) is 4.41. The molecule has 0 aliphatic carbocycles. The van der Waals surface area contributed by atoms with Gasteiger partial charge in [-0.15, -0.1) is 0 Å². The second-order valence-electron chi connectivity index (χ2n) is 5.47. The number of carboxylic acids is 1. The number of pyridine rings is 1. The number of carbonyl (C=O) groups is 1. The molecule has 1 saturated heterocycles. The van der Waals surface area contributed by atoms with E-state index in [4.69, 9.17) is 0 Å². The number of hydrogen-bond donors (Lipinski definition) is 1. The molecule has 3 heterocycles. The summed E-state index contributed by atoms with van der Waals surface area (Å²) in [5.41, 5.74) is 1.20. The molecule has 6 nitrogen and oxygen atoms in total. The van der Waals surface area contributed by atoms with Crippen molar-refractivity contribution in [2.24, 2.45) is 12.5 Å². The van der Waals surface area contributed by atoms with Crippen LogP contribution in [0.25, 0.3) is 11.0 Å². The molecule has 1 aliphatic heterocycles. The first-order chi connectivity index (χ1) is 9.57. The van der Waals surface area contributed by atoms with Gasteiger partial charge in [0.1, 0.15) is 5.52 Å². The average molecular weight is 274 g/mol. The predicted octanol–water partition coefficient (Wildman–Crippen LogP) is 1.66. The number of anilines is 1. The summed E-state index contributed by atoms with van der Waals surface area (Å²) < 4.78 is 1.95. The standard InChI is InChI=1S/C14H18N4O2/c1-3-14(13(19)20)5-7-18(8-14)12-11-10(4-6-15-12)17(2)9-16-11/h4,6,9H,3,5,7-8H2,1-2H3,(H,19,20). The van der Waals surface area contributed by atoms with Crippen LogP contribution in [0.3, 0.4) is 0 Å². The summed E-state index contributed by atoms with van der Waals surface area (Å²) >= 11 is 0. The normalized spacial score (nSPS) is 22.6. The molecular weight excluding hydrogens is 256 g/mol. The number of fused-ring (bicyclic) bond motifs is 1. The number of nitrogens with zero attached hydrogens (tertiary/aromatic N) is 4. The van der Waals surface area contributed by atoms with Crippen LogP contribution >= 0.6 is 0 Å². The number of rotatable bonds is 3. The van der Waals surface area contributed by atoms with Crippen molar-refractivity contribution in [3.8, 4) is 0 Å². The maximum atomic E-state index is 11.5. The number of aromatic nitrogens is 3. The maximum Gasteiger partial charge on any atom is 0.311 e. The Morgan fingerprint density at radius 3 is 2.95 bits per heavy atom. The Hall–Kier alpha value is -2.11. The van der Waals surface area contributed by atoms with Crippen LogP contribution in [0.1, 0.15) is 19.8 Å². The molecule has 1 unspecified atom stereocenters. The van der Waals surface area contributed by atoms with E-state index >= 15 is 0 Å². The van der Waals surface area contributed by atoms with Gasteiger partial charge in [-0.3, -0.25) is 4.79 Å². The molecule has 6 heteroatoms. The van der Waals surface area contributed by atoms with Crippen LogP contribution in [0.4, 0.5) is 5.82 Å². The van der Waals surface area contributed by atoms with Crippen LogP contribution in [0.15, 0.2) is 18.6 Å². The molecule has 2 aromatic heterocycles. The van der Waals surface area contributed by atoms with Crippen molar-refractivity contribution in [2.45, 2.75) is 19.8 Å². The molecule has 1 atom stereocenters. The highest BCUT2D eigenvalue weighted by Gasteiger charge is 2.44. The average Bonchev–Trinajstić information content (AvgIpc) is 3.04. The van der Waals surface area contributed by atoms with Crippen LogP contribution < -0.4 is 4.90 Å². The fourth-order valence-corrected chi connectivity index (χ4v) is 2.95. The van der Waals surface area contributed by atoms with Crippen molar-refractivity contribution in [3.05, 3.63) is 18.6 Å². The van der Waals surface area contributed by atoms with Gasteiger partial charge >= 0.3 is 5.97 Å². The Kier molecular flexibility index (Phi) is 2.88. The van der Waals surface area contributed by atoms with Crippen molar-refractivity contribution < 1.29 is 9.90 Å². The van der Waals surface area contributed by atoms with E-state index in [0.29, 0.717) is 25.9 Å². The van der Waals surface area contributed by atoms with Gasteiger partial charge < -0.3 is 14.6 Å². The van der Waals surface area contributed by atoms with E-state index in [-0.39, 0.29) is 0 Å². The van der Waals surface area contributed by atoms with E-state index in [1.54, 1.807) is 12.5 Å². The van der Waals surface area contributed by atoms with Crippen molar-refractivity contribution in [1.29, 1.82) is 0 Å². The van der Waals surface area contributed by atoms with Crippen molar-refractivity contribution in [3.63, 3.8) is 0 Å². The van der Waals surface area contributed by atoms with Gasteiger partial charge in [0.15, 0.2) is 5.82 Å². The first kappa shape index (κ1) is 12.9. The van der Waals surface area contributed by atoms with Gasteiger partial charge in [0.25, 0.3) is 0 Å². The Morgan fingerprint density at radius 2 is 2.30 bits per heavy atom. The number of imidazole rings is 1. The van der Waals surface area contributed by atoms with E-state index in [2.05, 4.69) is 9.97 Å². The third-order valence-corrected chi connectivity index (χ3v) is 4.41. The highest BCUT2D eigenvalue weighted by molar-refractivity contribution is 5.87. The van der Waals surface area contributed by atoms with Crippen molar-refractivity contribution >= 4 is 22.8 Å². The van der Waals surface area contributed by atoms with Gasteiger partial charge in [-0.25, -0.2) is 9.97 Å². The van der Waals surface area contributed by atoms with Gasteiger partial charge in [0.2, 0.25) is 0 Å². The zero-order valence-corrected chi connectivity index (χ0v) is 11.7. The molecule has 1 fully saturated rings. The lowest BCUT2D eigenvalue weighted by atomic mass is 9.84. The second kappa shape index (κ2) is 4.47. The Morgan fingerprint density at radius 1 is 1.50 bits per heavy atom. The van der Waals surface area contributed by atoms with Gasteiger partial charge in [-0.05, 0) is 18.9 Å². The summed E-state index contributed by atoms with van der Waals surface area (Å²) in [6.07, 6.45) is 4.81. The highest BCUT2D eigenvalue weighted by Crippen LogP contribution is 2.37. The number of aryl methyl sites for hydroxylation is 1. The second-order valence-corrected chi connectivity index (χ2v) is 5.47. The Bertz CT molecular complexity index is 666. The lowest BCUT2D eigenvalue weighted by Gasteiger charge is -2.23. The summed E-state index contributed by atoms with van der Waals surface area (Å²) in [5, 5.41) is 9.48. The molecule has 3 rings (SSSR count). The van der Waals surface area contributed by atoms with Gasteiger partial charge in [0.05, 0.1) is 17.3 Å². The van der Waals surface area contributed by atoms with Crippen LogP contribution in [-0.2, 0) is 11.8 Å². The molecule has 20 heavy (non-hydrogen) atoms. The summed E-state index contributed by atoms with van der Waals surface area (Å²) in [5.74, 6) is 0.0790. The van der Waals surface area contributed by atoms with Gasteiger partial charge in [0, 0.05) is 26.3 Å². The van der Waals surface area contributed by atoms with Gasteiger partial charge in [-0.1, -0.05) is 6.92 Å². The third kappa shape index (κ3) is 1.75. The number of hydrogen-bond acceptors (Lipinski definition) is 4. The monoisotopic (exact) mass is 274 g/mol. The molecule has 106 valence electrons. The summed E-state index contributed by atoms with van der Waals surface area (Å²) in [6.45, 7) is 3.15. The van der Waals surface area contributed by atoms with E-state index in [9.17, 15) is 9.90 Å². The largest absolute Gasteiger partial charge is 0.481 e. The summed E-state index contributed by atoms with van der Waals surface area (Å²) in [4.78, 5) is 22.4. The Labute approximate surface area is 117 Å². The zero-order valence-electron chi connectivity index (χ0n) is 11.7. The zero-order chi connectivity index (χ0) is 14.3. The van der Waals surface area contributed by atoms with E-state index in [1.165, 1.54) is 0 Å². The molecule has 0 spiro atoms. The van der Waals surface area contributed by atoms with E-state index in [0.717, 1.165) is 16.9 Å². The van der Waals surface area contributed by atoms with Gasteiger partial charge in [-0.2, -0.15) is 0 Å². The quantitative estimate of drug-likeness (QED) is 0.921. The summed E-state index contributed by atoms with van der Waals surface area (Å²) in [6, 6.07) is 1.92. The maximum absolute atomic E-state index is 11.5. The molecule has 1 aliphatic rings. The fraction of sp³-hybridized carbons (Fsp3) is 0.500. The molecule has 0 radical (unpaired) electrons. The lowest BCUT2D eigenvalue weighted by molar-refractivity contribution is -0.147. The van der Waals surface area contributed by atoms with Crippen molar-refractivity contribution in [1.82, 2.24) is 14.5 Å². The van der Waals surface area contributed by atoms with Crippen LogP contribution in [-0.4, -0.2) is 38.7 Å². The molecule has 2 aromatic rings. The van der Waals surface area contributed by atoms with E-state index < -0.39 is 11.4 Å². The van der Waals surface area contributed by atoms with Crippen molar-refractivity contribution in [2.75, 3.05) is 18.0 Å². The Balaban J connectivity index is 1.99. The molecule has 0 saturated carbocycles. The summed E-state index contributed by atoms with van der Waals surface area (Å²) in [7, 11) is 1.94. The molecule has 0 amide bonds. The molecule has 0 bridgehead atoms. The first-order valence-electron chi connectivity index (χ1n) is 6.82. The lowest BCUT2D eigenvalue weighted by Crippen LogP contribution is -2.34. The molecular formula is C14H18N4O2. The topological polar surface area (TPSA) is 71.2 Å². The highest BCUT2D eigenvalue weighted by atomic mass is 16.4. The van der Waals surface area contributed by atoms with Crippen LogP contribution in [0.5, 0.6) is 0 Å². The first-order valence-corrected chi connectivity index (χ1v) is 6.82. The van der Waals surface area contributed by atoms with Crippen LogP contribution in [0.2, 0.25) is 0 Å². The minimum Gasteiger partial charge on any atom is -0.481 e. The minimum absolute atomic E-state index is 0.502. The van der Waals surface area contributed by atoms with Crippen LogP contribution in [0, 0.1) is 5.41 Å². The predicted molar refractivity (Wildman–Crippen MR) is 75.7 cm³/mol. The fourth-order valence-electron chi connectivity index (χ4n) is 2.95. The van der Waals surface area contributed by atoms with E-state index in [1.807, 2.05) is 29.5 Å². The number of aliphatic carboxylic acids is 1. The number of carboxylic acid groups (broad SMARTS) is 1.